The molecule has 9 nitrogen and oxygen atoms in total. The second-order valence-electron chi connectivity index (χ2n) is 4.22. The number of nitrogens with one attached hydrogen (secondary N) is 2. The van der Waals surface area contributed by atoms with Gasteiger partial charge in [-0.05, 0) is 25.4 Å². The van der Waals surface area contributed by atoms with Gasteiger partial charge in [0.25, 0.3) is 0 Å². The van der Waals surface area contributed by atoms with Crippen LogP contribution in [0.5, 0.6) is 0 Å². The van der Waals surface area contributed by atoms with E-state index in [1.54, 1.807) is 13.8 Å². The van der Waals surface area contributed by atoms with Crippen molar-refractivity contribution in [2.24, 2.45) is 0 Å². The molecule has 1 aromatic rings. The number of halogens is 1. The molecular formula is C13H20ClN5O4. The summed E-state index contributed by atoms with van der Waals surface area (Å²) in [7, 11) is 0. The zero-order valence-corrected chi connectivity index (χ0v) is 13.9. The van der Waals surface area contributed by atoms with Gasteiger partial charge >= 0.3 is 11.9 Å². The molecule has 1 rings (SSSR count). The van der Waals surface area contributed by atoms with Crippen molar-refractivity contribution in [1.82, 2.24) is 15.0 Å². The molecule has 0 amide bonds. The van der Waals surface area contributed by atoms with Crippen molar-refractivity contribution in [3.8, 4) is 0 Å². The molecular weight excluding hydrogens is 326 g/mol. The molecule has 0 bridgehead atoms. The average Bonchev–Trinajstić information content (AvgIpc) is 2.47. The Balaban J connectivity index is 2.45. The number of carbonyl (C=O) groups excluding carboxylic acids is 2. The van der Waals surface area contributed by atoms with Gasteiger partial charge in [-0.25, -0.2) is 0 Å². The Morgan fingerprint density at radius 1 is 0.913 bits per heavy atom. The van der Waals surface area contributed by atoms with E-state index in [9.17, 15) is 9.59 Å². The molecule has 0 saturated heterocycles. The largest absolute Gasteiger partial charge is 0.466 e. The summed E-state index contributed by atoms with van der Waals surface area (Å²) < 4.78 is 9.62. The summed E-state index contributed by atoms with van der Waals surface area (Å²) in [5.74, 6) is -0.165. The molecule has 10 heteroatoms. The van der Waals surface area contributed by atoms with Crippen LogP contribution < -0.4 is 10.6 Å². The van der Waals surface area contributed by atoms with Crippen molar-refractivity contribution in [1.29, 1.82) is 0 Å². The van der Waals surface area contributed by atoms with Gasteiger partial charge in [-0.3, -0.25) is 9.59 Å². The van der Waals surface area contributed by atoms with Gasteiger partial charge in [-0.2, -0.15) is 15.0 Å². The van der Waals surface area contributed by atoms with Gasteiger partial charge in [0.1, 0.15) is 0 Å². The Morgan fingerprint density at radius 2 is 1.35 bits per heavy atom. The van der Waals surface area contributed by atoms with Crippen molar-refractivity contribution in [2.75, 3.05) is 36.9 Å². The smallest absolute Gasteiger partial charge is 0.307 e. The van der Waals surface area contributed by atoms with Crippen LogP contribution >= 0.6 is 11.6 Å². The minimum atomic E-state index is -0.312. The van der Waals surface area contributed by atoms with Crippen LogP contribution in [0.3, 0.4) is 0 Å². The van der Waals surface area contributed by atoms with Crippen molar-refractivity contribution in [3.05, 3.63) is 5.28 Å². The zero-order chi connectivity index (χ0) is 17.1. The van der Waals surface area contributed by atoms with Crippen LogP contribution in [0.1, 0.15) is 26.7 Å². The Kier molecular flexibility index (Phi) is 8.66. The summed E-state index contributed by atoms with van der Waals surface area (Å²) in [6, 6.07) is 0. The van der Waals surface area contributed by atoms with Crippen molar-refractivity contribution >= 4 is 35.4 Å². The van der Waals surface area contributed by atoms with Crippen LogP contribution in [-0.2, 0) is 19.1 Å². The van der Waals surface area contributed by atoms with Gasteiger partial charge in [-0.1, -0.05) is 0 Å². The van der Waals surface area contributed by atoms with Crippen LogP contribution in [0.15, 0.2) is 0 Å². The number of hydrogen-bond acceptors (Lipinski definition) is 9. The van der Waals surface area contributed by atoms with E-state index < -0.39 is 0 Å². The summed E-state index contributed by atoms with van der Waals surface area (Å²) in [5, 5.41) is 5.71. The minimum absolute atomic E-state index is 0.00253. The number of ether oxygens (including phenoxy) is 2. The summed E-state index contributed by atoms with van der Waals surface area (Å²) >= 11 is 5.81. The normalized spacial score (nSPS) is 10.0. The van der Waals surface area contributed by atoms with Gasteiger partial charge in [0.2, 0.25) is 17.2 Å². The number of rotatable bonds is 10. The predicted molar refractivity (Wildman–Crippen MR) is 84.3 cm³/mol. The van der Waals surface area contributed by atoms with E-state index in [0.29, 0.717) is 26.3 Å². The zero-order valence-electron chi connectivity index (χ0n) is 13.1. The van der Waals surface area contributed by atoms with Crippen molar-refractivity contribution in [3.63, 3.8) is 0 Å². The van der Waals surface area contributed by atoms with Crippen LogP contribution in [-0.4, -0.2) is 53.2 Å². The molecule has 0 aliphatic rings. The second-order valence-corrected chi connectivity index (χ2v) is 4.55. The van der Waals surface area contributed by atoms with E-state index >= 15 is 0 Å². The number of carbonyl (C=O) groups is 2. The molecule has 0 aliphatic heterocycles. The summed E-state index contributed by atoms with van der Waals surface area (Å²) in [6.45, 7) is 4.77. The van der Waals surface area contributed by atoms with E-state index in [1.165, 1.54) is 0 Å². The molecule has 0 aromatic carbocycles. The monoisotopic (exact) mass is 345 g/mol. The van der Waals surface area contributed by atoms with Crippen molar-refractivity contribution < 1.29 is 19.1 Å². The standard InChI is InChI=1S/C13H20ClN5O4/c1-3-22-9(20)5-7-15-12-17-11(14)18-13(19-12)16-8-6-10(21)23-4-2/h3-8H2,1-2H3,(H2,15,16,17,18,19). The molecule has 128 valence electrons. The van der Waals surface area contributed by atoms with E-state index in [1.807, 2.05) is 0 Å². The molecule has 0 aliphatic carbocycles. The molecule has 0 fully saturated rings. The van der Waals surface area contributed by atoms with Crippen LogP contribution in [0.4, 0.5) is 11.9 Å². The quantitative estimate of drug-likeness (QED) is 0.604. The Labute approximate surface area is 139 Å². The van der Waals surface area contributed by atoms with Gasteiger partial charge in [0, 0.05) is 13.1 Å². The Morgan fingerprint density at radius 3 is 1.74 bits per heavy atom. The fourth-order valence-corrected chi connectivity index (χ4v) is 1.69. The first-order chi connectivity index (χ1) is 11.0. The molecule has 23 heavy (non-hydrogen) atoms. The lowest BCUT2D eigenvalue weighted by molar-refractivity contribution is -0.143. The van der Waals surface area contributed by atoms with E-state index in [0.717, 1.165) is 0 Å². The summed E-state index contributed by atoms with van der Waals surface area (Å²) in [6.07, 6.45) is 0.367. The maximum Gasteiger partial charge on any atom is 0.307 e. The SMILES string of the molecule is CCOC(=O)CCNc1nc(Cl)nc(NCCC(=O)OCC)n1. The number of nitrogens with zero attached hydrogens (tertiary/aromatic N) is 3. The van der Waals surface area contributed by atoms with Crippen LogP contribution in [0.25, 0.3) is 0 Å². The first kappa shape index (κ1) is 18.9. The lowest BCUT2D eigenvalue weighted by Gasteiger charge is -2.08. The van der Waals surface area contributed by atoms with Gasteiger partial charge in [0.15, 0.2) is 0 Å². The van der Waals surface area contributed by atoms with Crippen molar-refractivity contribution in [2.45, 2.75) is 26.7 Å². The molecule has 0 unspecified atom stereocenters. The van der Waals surface area contributed by atoms with Gasteiger partial charge in [0.05, 0.1) is 26.1 Å². The van der Waals surface area contributed by atoms with E-state index in [4.69, 9.17) is 21.1 Å². The Hall–Kier alpha value is -2.16. The molecule has 1 heterocycles. The summed E-state index contributed by atoms with van der Waals surface area (Å²) in [4.78, 5) is 34.3. The second kappa shape index (κ2) is 10.5. The molecule has 0 saturated carbocycles. The summed E-state index contributed by atoms with van der Waals surface area (Å²) in [5.41, 5.74) is 0. The number of hydrogen-bond donors (Lipinski definition) is 2. The highest BCUT2D eigenvalue weighted by molar-refractivity contribution is 6.28. The third kappa shape index (κ3) is 8.15. The lowest BCUT2D eigenvalue weighted by atomic mass is 10.4. The fourth-order valence-electron chi connectivity index (χ4n) is 1.53. The van der Waals surface area contributed by atoms with Crippen LogP contribution in [0.2, 0.25) is 5.28 Å². The molecule has 2 N–H and O–H groups in total. The maximum absolute atomic E-state index is 11.2. The first-order valence-electron chi connectivity index (χ1n) is 7.25. The number of esters is 2. The lowest BCUT2D eigenvalue weighted by Crippen LogP contribution is -2.15. The fraction of sp³-hybridized carbons (Fsp3) is 0.615. The number of aromatic nitrogens is 3. The van der Waals surface area contributed by atoms with E-state index in [2.05, 4.69) is 25.6 Å². The highest BCUT2D eigenvalue weighted by Crippen LogP contribution is 2.09. The highest BCUT2D eigenvalue weighted by Gasteiger charge is 2.07. The topological polar surface area (TPSA) is 115 Å². The number of anilines is 2. The van der Waals surface area contributed by atoms with Crippen LogP contribution in [0, 0.1) is 0 Å². The molecule has 0 atom stereocenters. The molecule has 1 aromatic heterocycles. The third-order valence-corrected chi connectivity index (χ3v) is 2.61. The first-order valence-corrected chi connectivity index (χ1v) is 7.63. The molecule has 0 radical (unpaired) electrons. The molecule has 0 spiro atoms. The van der Waals surface area contributed by atoms with Gasteiger partial charge < -0.3 is 20.1 Å². The highest BCUT2D eigenvalue weighted by atomic mass is 35.5. The minimum Gasteiger partial charge on any atom is -0.466 e. The average molecular weight is 346 g/mol. The maximum atomic E-state index is 11.2. The van der Waals surface area contributed by atoms with Gasteiger partial charge in [-0.15, -0.1) is 0 Å². The van der Waals surface area contributed by atoms with E-state index in [-0.39, 0.29) is 42.0 Å². The Bertz CT molecular complexity index is 487. The predicted octanol–water partition coefficient (Wildman–Crippen LogP) is 1.26. The third-order valence-electron chi connectivity index (χ3n) is 2.44.